The van der Waals surface area contributed by atoms with Crippen LogP contribution in [0.3, 0.4) is 0 Å². The van der Waals surface area contributed by atoms with Crippen molar-refractivity contribution >= 4 is 31.9 Å². The van der Waals surface area contributed by atoms with E-state index in [-0.39, 0.29) is 16.8 Å². The molecule has 1 saturated heterocycles. The lowest BCUT2D eigenvalue weighted by molar-refractivity contribution is 0.0936. The first-order valence-corrected chi connectivity index (χ1v) is 12.1. The Morgan fingerprint density at radius 3 is 2.44 bits per heavy atom. The van der Waals surface area contributed by atoms with Gasteiger partial charge in [0.25, 0.3) is 5.91 Å². The summed E-state index contributed by atoms with van der Waals surface area (Å²) in [4.78, 5) is 12.9. The van der Waals surface area contributed by atoms with Crippen molar-refractivity contribution in [3.63, 3.8) is 0 Å². The number of amides is 1. The monoisotopic (exact) mass is 458 g/mol. The summed E-state index contributed by atoms with van der Waals surface area (Å²) in [5, 5.41) is 2.99. The lowest BCUT2D eigenvalue weighted by Crippen LogP contribution is -2.36. The fraction of sp³-hybridized carbons (Fsp3) is 0.650. The standard InChI is InChI=1S/C20H31BrN2O3S/c1-15(2)8-7-9-16(3)22-20(24)18-14-17(10-11-19(18)21)27(25,26)23-12-5-4-6-13-23/h10-11,14-16H,4-9,12-13H2,1-3H3,(H,22,24). The highest BCUT2D eigenvalue weighted by Crippen LogP contribution is 2.25. The van der Waals surface area contributed by atoms with Crippen LogP contribution in [0.1, 0.15) is 69.7 Å². The first-order chi connectivity index (χ1) is 12.7. The number of hydrogen-bond acceptors (Lipinski definition) is 3. The molecule has 1 fully saturated rings. The van der Waals surface area contributed by atoms with Crippen LogP contribution < -0.4 is 5.32 Å². The molecular weight excluding hydrogens is 428 g/mol. The van der Waals surface area contributed by atoms with Gasteiger partial charge < -0.3 is 5.32 Å². The van der Waals surface area contributed by atoms with Crippen LogP contribution in [0.2, 0.25) is 0 Å². The van der Waals surface area contributed by atoms with E-state index in [0.717, 1.165) is 38.5 Å². The molecule has 7 heteroatoms. The Balaban J connectivity index is 2.10. The molecule has 1 unspecified atom stereocenters. The molecule has 0 spiro atoms. The van der Waals surface area contributed by atoms with E-state index >= 15 is 0 Å². The minimum atomic E-state index is -3.55. The zero-order chi connectivity index (χ0) is 20.0. The molecule has 1 N–H and O–H groups in total. The van der Waals surface area contributed by atoms with Gasteiger partial charge in [0.2, 0.25) is 10.0 Å². The topological polar surface area (TPSA) is 66.5 Å². The second-order valence-electron chi connectivity index (χ2n) is 7.81. The number of rotatable bonds is 8. The van der Waals surface area contributed by atoms with Gasteiger partial charge in [-0.2, -0.15) is 4.31 Å². The van der Waals surface area contributed by atoms with Crippen molar-refractivity contribution in [2.45, 2.75) is 70.2 Å². The van der Waals surface area contributed by atoms with Gasteiger partial charge in [0, 0.05) is 23.6 Å². The molecule has 0 aromatic heterocycles. The highest BCUT2D eigenvalue weighted by Gasteiger charge is 2.27. The smallest absolute Gasteiger partial charge is 0.252 e. The summed E-state index contributed by atoms with van der Waals surface area (Å²) in [6.07, 6.45) is 5.94. The van der Waals surface area contributed by atoms with Crippen LogP contribution in [0, 0.1) is 5.92 Å². The van der Waals surface area contributed by atoms with Crippen LogP contribution in [0.15, 0.2) is 27.6 Å². The molecule has 0 aliphatic carbocycles. The molecule has 1 aromatic rings. The minimum absolute atomic E-state index is 0.0468. The quantitative estimate of drug-likeness (QED) is 0.620. The maximum atomic E-state index is 12.9. The van der Waals surface area contributed by atoms with E-state index in [4.69, 9.17) is 0 Å². The number of nitrogens with zero attached hydrogens (tertiary/aromatic N) is 1. The van der Waals surface area contributed by atoms with E-state index in [1.165, 1.54) is 10.4 Å². The van der Waals surface area contributed by atoms with Gasteiger partial charge in [0.05, 0.1) is 10.5 Å². The third kappa shape index (κ3) is 6.29. The molecule has 0 bridgehead atoms. The summed E-state index contributed by atoms with van der Waals surface area (Å²) in [5.74, 6) is 0.410. The van der Waals surface area contributed by atoms with Crippen molar-refractivity contribution in [1.29, 1.82) is 0 Å². The molecule has 1 atom stereocenters. The Morgan fingerprint density at radius 1 is 1.15 bits per heavy atom. The van der Waals surface area contributed by atoms with Crippen molar-refractivity contribution in [3.05, 3.63) is 28.2 Å². The average Bonchev–Trinajstić information content (AvgIpc) is 2.62. The van der Waals surface area contributed by atoms with E-state index in [1.54, 1.807) is 12.1 Å². The van der Waals surface area contributed by atoms with Crippen LogP contribution in [-0.4, -0.2) is 37.8 Å². The number of halogens is 1. The molecule has 1 aromatic carbocycles. The maximum absolute atomic E-state index is 12.9. The van der Waals surface area contributed by atoms with Crippen LogP contribution in [0.5, 0.6) is 0 Å². The third-order valence-electron chi connectivity index (χ3n) is 4.93. The van der Waals surface area contributed by atoms with Gasteiger partial charge >= 0.3 is 0 Å². The fourth-order valence-electron chi connectivity index (χ4n) is 3.30. The van der Waals surface area contributed by atoms with Gasteiger partial charge in [-0.15, -0.1) is 0 Å². The number of hydrogen-bond donors (Lipinski definition) is 1. The molecule has 152 valence electrons. The van der Waals surface area contributed by atoms with Crippen LogP contribution in [0.4, 0.5) is 0 Å². The second-order valence-corrected chi connectivity index (χ2v) is 10.6. The van der Waals surface area contributed by atoms with Crippen molar-refractivity contribution in [1.82, 2.24) is 9.62 Å². The molecule has 1 heterocycles. The van der Waals surface area contributed by atoms with E-state index in [9.17, 15) is 13.2 Å². The molecule has 1 aliphatic rings. The van der Waals surface area contributed by atoms with Crippen LogP contribution >= 0.6 is 15.9 Å². The third-order valence-corrected chi connectivity index (χ3v) is 7.52. The molecule has 5 nitrogen and oxygen atoms in total. The summed E-state index contributed by atoms with van der Waals surface area (Å²) < 4.78 is 27.9. The van der Waals surface area contributed by atoms with Gasteiger partial charge in [-0.3, -0.25) is 4.79 Å². The van der Waals surface area contributed by atoms with E-state index in [1.807, 2.05) is 6.92 Å². The van der Waals surface area contributed by atoms with Gasteiger partial charge in [0.15, 0.2) is 0 Å². The summed E-state index contributed by atoms with van der Waals surface area (Å²) in [6, 6.07) is 4.75. The lowest BCUT2D eigenvalue weighted by Gasteiger charge is -2.26. The highest BCUT2D eigenvalue weighted by molar-refractivity contribution is 9.10. The van der Waals surface area contributed by atoms with E-state index in [0.29, 0.717) is 29.0 Å². The number of benzene rings is 1. The largest absolute Gasteiger partial charge is 0.350 e. The minimum Gasteiger partial charge on any atom is -0.350 e. The van der Waals surface area contributed by atoms with Crippen LogP contribution in [-0.2, 0) is 10.0 Å². The van der Waals surface area contributed by atoms with Crippen molar-refractivity contribution < 1.29 is 13.2 Å². The zero-order valence-corrected chi connectivity index (χ0v) is 18.9. The SMILES string of the molecule is CC(C)CCCC(C)NC(=O)c1cc(S(=O)(=O)N2CCCCC2)ccc1Br. The molecule has 1 aliphatic heterocycles. The highest BCUT2D eigenvalue weighted by atomic mass is 79.9. The first-order valence-electron chi connectivity index (χ1n) is 9.82. The Morgan fingerprint density at radius 2 is 1.81 bits per heavy atom. The molecule has 2 rings (SSSR count). The summed E-state index contributed by atoms with van der Waals surface area (Å²) in [7, 11) is -3.55. The average molecular weight is 459 g/mol. The number of carbonyl (C=O) groups is 1. The Kier molecular flexibility index (Phi) is 8.31. The summed E-state index contributed by atoms with van der Waals surface area (Å²) in [5.41, 5.74) is 0.365. The molecule has 27 heavy (non-hydrogen) atoms. The number of carbonyl (C=O) groups excluding carboxylic acids is 1. The number of nitrogens with one attached hydrogen (secondary N) is 1. The summed E-state index contributed by atoms with van der Waals surface area (Å²) >= 11 is 3.39. The predicted octanol–water partition coefficient (Wildman–Crippen LogP) is 4.57. The molecule has 0 saturated carbocycles. The predicted molar refractivity (Wildman–Crippen MR) is 112 cm³/mol. The Bertz CT molecular complexity index is 744. The van der Waals surface area contributed by atoms with Gasteiger partial charge in [-0.25, -0.2) is 8.42 Å². The second kappa shape index (κ2) is 10.0. The Labute approximate surface area is 172 Å². The molecule has 1 amide bonds. The maximum Gasteiger partial charge on any atom is 0.252 e. The van der Waals surface area contributed by atoms with E-state index in [2.05, 4.69) is 35.1 Å². The zero-order valence-electron chi connectivity index (χ0n) is 16.5. The van der Waals surface area contributed by atoms with Gasteiger partial charge in [-0.05, 0) is 66.2 Å². The first kappa shape index (κ1) is 22.4. The summed E-state index contributed by atoms with van der Waals surface area (Å²) in [6.45, 7) is 7.46. The van der Waals surface area contributed by atoms with Crippen molar-refractivity contribution in [2.75, 3.05) is 13.1 Å². The number of piperidine rings is 1. The lowest BCUT2D eigenvalue weighted by atomic mass is 10.0. The van der Waals surface area contributed by atoms with E-state index < -0.39 is 10.0 Å². The van der Waals surface area contributed by atoms with Gasteiger partial charge in [-0.1, -0.05) is 33.1 Å². The normalized spacial score (nSPS) is 17.1. The van der Waals surface area contributed by atoms with Crippen molar-refractivity contribution in [2.24, 2.45) is 5.92 Å². The molecule has 0 radical (unpaired) electrons. The van der Waals surface area contributed by atoms with Crippen LogP contribution in [0.25, 0.3) is 0 Å². The fourth-order valence-corrected chi connectivity index (χ4v) is 5.27. The van der Waals surface area contributed by atoms with Crippen molar-refractivity contribution in [3.8, 4) is 0 Å². The molecular formula is C20H31BrN2O3S. The number of sulfonamides is 1. The van der Waals surface area contributed by atoms with Gasteiger partial charge in [0.1, 0.15) is 0 Å². The Hall–Kier alpha value is -0.920.